The number of hydrogen-bond donors (Lipinski definition) is 4. The first-order valence-electron chi connectivity index (χ1n) is 8.99. The van der Waals surface area contributed by atoms with Gasteiger partial charge >= 0.3 is 11.9 Å². The summed E-state index contributed by atoms with van der Waals surface area (Å²) in [6, 6.07) is 0. The van der Waals surface area contributed by atoms with Crippen LogP contribution in [0.25, 0.3) is 0 Å². The van der Waals surface area contributed by atoms with Crippen LogP contribution in [0.4, 0.5) is 0 Å². The van der Waals surface area contributed by atoms with Crippen molar-refractivity contribution in [3.63, 3.8) is 0 Å². The average Bonchev–Trinajstić information content (AvgIpc) is 2.98. The summed E-state index contributed by atoms with van der Waals surface area (Å²) in [7, 11) is 0. The van der Waals surface area contributed by atoms with E-state index in [-0.39, 0.29) is 12.0 Å². The highest BCUT2D eigenvalue weighted by Gasteiger charge is 2.85. The van der Waals surface area contributed by atoms with Gasteiger partial charge in [0.2, 0.25) is 0 Å². The Morgan fingerprint density at radius 1 is 1.38 bits per heavy atom. The van der Waals surface area contributed by atoms with E-state index in [0.717, 1.165) is 0 Å². The fourth-order valence-electron chi connectivity index (χ4n) is 7.16. The van der Waals surface area contributed by atoms with Crippen LogP contribution in [0.3, 0.4) is 0 Å². The lowest BCUT2D eigenvalue weighted by Crippen LogP contribution is -2.51. The van der Waals surface area contributed by atoms with Crippen molar-refractivity contribution in [3.05, 3.63) is 24.3 Å². The first kappa shape index (κ1) is 16.5. The van der Waals surface area contributed by atoms with Gasteiger partial charge in [0, 0.05) is 17.3 Å². The minimum Gasteiger partial charge on any atom is -0.481 e. The number of carboxylic acids is 1. The fraction of sp³-hybridized carbons (Fsp3) is 0.684. The SMILES string of the molecule is C=C1[C@@H](O)[C@]23C[C@@]1(O)CC[C@H]2[C@@]12C=C[C@H](O)[C@@](C)(C(=O)O1)[C@H]2[C@@H]3C(=O)O. The molecule has 1 spiro atoms. The first-order chi connectivity index (χ1) is 12.1. The molecule has 0 amide bonds. The molecule has 26 heavy (non-hydrogen) atoms. The maximum absolute atomic E-state index is 12.7. The quantitative estimate of drug-likeness (QED) is 0.382. The molecule has 4 aliphatic carbocycles. The second-order valence-corrected chi connectivity index (χ2v) is 8.96. The van der Waals surface area contributed by atoms with Crippen LogP contribution < -0.4 is 0 Å². The third-order valence-electron chi connectivity index (χ3n) is 8.25. The zero-order valence-electron chi connectivity index (χ0n) is 14.4. The molecule has 0 aromatic carbocycles. The highest BCUT2D eigenvalue weighted by molar-refractivity contribution is 5.86. The van der Waals surface area contributed by atoms with Crippen LogP contribution >= 0.6 is 0 Å². The molecular formula is C19H22O7. The van der Waals surface area contributed by atoms with E-state index < -0.39 is 63.9 Å². The molecule has 0 unspecified atom stereocenters. The van der Waals surface area contributed by atoms with Crippen molar-refractivity contribution in [2.45, 2.75) is 49.6 Å². The van der Waals surface area contributed by atoms with Crippen molar-refractivity contribution >= 4 is 11.9 Å². The van der Waals surface area contributed by atoms with Crippen LogP contribution in [0, 0.1) is 28.6 Å². The second-order valence-electron chi connectivity index (χ2n) is 8.96. The van der Waals surface area contributed by atoms with E-state index >= 15 is 0 Å². The largest absolute Gasteiger partial charge is 0.481 e. The molecule has 5 rings (SSSR count). The van der Waals surface area contributed by atoms with Gasteiger partial charge in [0.15, 0.2) is 0 Å². The summed E-state index contributed by atoms with van der Waals surface area (Å²) in [5.74, 6) is -4.15. The van der Waals surface area contributed by atoms with Crippen molar-refractivity contribution in [2.75, 3.05) is 0 Å². The predicted molar refractivity (Wildman–Crippen MR) is 86.6 cm³/mol. The molecule has 4 fully saturated rings. The highest BCUT2D eigenvalue weighted by Crippen LogP contribution is 2.77. The monoisotopic (exact) mass is 362 g/mol. The van der Waals surface area contributed by atoms with Crippen LogP contribution in [-0.4, -0.2) is 55.8 Å². The van der Waals surface area contributed by atoms with Gasteiger partial charge < -0.3 is 25.2 Å². The van der Waals surface area contributed by atoms with Gasteiger partial charge in [-0.2, -0.15) is 0 Å². The van der Waals surface area contributed by atoms with Crippen molar-refractivity contribution in [1.82, 2.24) is 0 Å². The Morgan fingerprint density at radius 2 is 2.08 bits per heavy atom. The number of hydrogen-bond acceptors (Lipinski definition) is 6. The molecule has 0 radical (unpaired) electrons. The number of aliphatic carboxylic acids is 1. The minimum atomic E-state index is -1.40. The first-order valence-corrected chi connectivity index (χ1v) is 8.99. The summed E-state index contributed by atoms with van der Waals surface area (Å²) in [4.78, 5) is 25.1. The van der Waals surface area contributed by atoms with Crippen molar-refractivity contribution < 1.29 is 34.8 Å². The average molecular weight is 362 g/mol. The number of carbonyl (C=O) groups excluding carboxylic acids is 1. The van der Waals surface area contributed by atoms with E-state index in [4.69, 9.17) is 4.74 Å². The summed E-state index contributed by atoms with van der Waals surface area (Å²) >= 11 is 0. The topological polar surface area (TPSA) is 124 Å². The van der Waals surface area contributed by atoms with Gasteiger partial charge in [0.1, 0.15) is 11.0 Å². The molecule has 4 bridgehead atoms. The van der Waals surface area contributed by atoms with Crippen molar-refractivity contribution in [3.8, 4) is 0 Å². The third-order valence-corrected chi connectivity index (χ3v) is 8.25. The number of carbonyl (C=O) groups is 2. The van der Waals surface area contributed by atoms with Crippen LogP contribution in [0.15, 0.2) is 24.3 Å². The zero-order chi connectivity index (χ0) is 18.9. The lowest BCUT2D eigenvalue weighted by atomic mass is 9.60. The van der Waals surface area contributed by atoms with E-state index in [1.165, 1.54) is 6.08 Å². The lowest BCUT2D eigenvalue weighted by Gasteiger charge is -2.45. The second kappa shape index (κ2) is 4.24. The molecule has 5 aliphatic rings. The fourth-order valence-corrected chi connectivity index (χ4v) is 7.16. The van der Waals surface area contributed by atoms with Crippen LogP contribution in [-0.2, 0) is 14.3 Å². The molecule has 7 heteroatoms. The Bertz CT molecular complexity index is 804. The van der Waals surface area contributed by atoms with Crippen LogP contribution in [0.2, 0.25) is 0 Å². The minimum absolute atomic E-state index is 0.0808. The number of ether oxygens (including phenoxy) is 1. The molecular weight excluding hydrogens is 340 g/mol. The number of aliphatic hydroxyl groups is 3. The van der Waals surface area contributed by atoms with Crippen LogP contribution in [0.1, 0.15) is 26.2 Å². The molecule has 4 N–H and O–H groups in total. The van der Waals surface area contributed by atoms with E-state index in [0.29, 0.717) is 12.8 Å². The van der Waals surface area contributed by atoms with E-state index in [9.17, 15) is 30.0 Å². The van der Waals surface area contributed by atoms with Gasteiger partial charge in [-0.3, -0.25) is 9.59 Å². The molecule has 7 nitrogen and oxygen atoms in total. The smallest absolute Gasteiger partial charge is 0.316 e. The Kier molecular flexibility index (Phi) is 2.68. The molecule has 3 saturated carbocycles. The molecule has 0 aromatic heterocycles. The molecule has 0 aromatic rings. The van der Waals surface area contributed by atoms with E-state index in [1.807, 2.05) is 0 Å². The van der Waals surface area contributed by atoms with E-state index in [2.05, 4.69) is 6.58 Å². The molecule has 9 atom stereocenters. The summed E-state index contributed by atoms with van der Waals surface area (Å²) in [6.07, 6.45) is 1.61. The number of aliphatic hydroxyl groups excluding tert-OH is 2. The standard InChI is InChI=1S/C19H22O7/c1-8-13(21)18-7-17(8,25)5-3-9(18)19-6-4-10(20)16(2,15(24)26-19)12(19)11(18)14(22)23/h4,6,9-13,20-21,25H,1,3,5,7H2,2H3,(H,22,23)/t9-,10+,11-,12-,13-,16-,17+,18-,19-/m1/s1. The maximum Gasteiger partial charge on any atom is 0.316 e. The maximum atomic E-state index is 12.7. The summed E-state index contributed by atoms with van der Waals surface area (Å²) in [5, 5.41) is 42.7. The molecule has 1 heterocycles. The Labute approximate surface area is 150 Å². The van der Waals surface area contributed by atoms with Crippen molar-refractivity contribution in [2.24, 2.45) is 28.6 Å². The van der Waals surface area contributed by atoms with Gasteiger partial charge in [-0.15, -0.1) is 0 Å². The van der Waals surface area contributed by atoms with Crippen molar-refractivity contribution in [1.29, 1.82) is 0 Å². The molecule has 1 saturated heterocycles. The number of rotatable bonds is 1. The third kappa shape index (κ3) is 1.33. The van der Waals surface area contributed by atoms with Gasteiger partial charge in [-0.05, 0) is 37.8 Å². The molecule has 140 valence electrons. The summed E-state index contributed by atoms with van der Waals surface area (Å²) in [5.41, 5.74) is -4.80. The van der Waals surface area contributed by atoms with Gasteiger partial charge in [0.25, 0.3) is 0 Å². The Balaban J connectivity index is 1.81. The normalized spacial score (nSPS) is 59.2. The molecule has 1 aliphatic heterocycles. The van der Waals surface area contributed by atoms with Gasteiger partial charge in [-0.1, -0.05) is 12.7 Å². The predicted octanol–water partition coefficient (Wildman–Crippen LogP) is -0.00210. The highest BCUT2D eigenvalue weighted by atomic mass is 16.6. The number of esters is 1. The number of carboxylic acid groups (broad SMARTS) is 1. The zero-order valence-corrected chi connectivity index (χ0v) is 14.4. The van der Waals surface area contributed by atoms with Gasteiger partial charge in [-0.25, -0.2) is 0 Å². The van der Waals surface area contributed by atoms with Crippen LogP contribution in [0.5, 0.6) is 0 Å². The number of fused-ring (bicyclic) bond motifs is 1. The Hall–Kier alpha value is -1.70. The van der Waals surface area contributed by atoms with Gasteiger partial charge in [0.05, 0.1) is 23.7 Å². The summed E-state index contributed by atoms with van der Waals surface area (Å²) < 4.78 is 5.81. The van der Waals surface area contributed by atoms with E-state index in [1.54, 1.807) is 13.0 Å². The Morgan fingerprint density at radius 3 is 2.73 bits per heavy atom. The lowest BCUT2D eigenvalue weighted by molar-refractivity contribution is -0.167. The summed E-state index contributed by atoms with van der Waals surface area (Å²) in [6.45, 7) is 5.40.